The highest BCUT2D eigenvalue weighted by molar-refractivity contribution is 14.1. The number of hydrogen-bond acceptors (Lipinski definition) is 8. The maximum absolute atomic E-state index is 11.1. The molecule has 1 aromatic heterocycles. The van der Waals surface area contributed by atoms with Gasteiger partial charge in [0.25, 0.3) is 5.69 Å². The second-order valence-corrected chi connectivity index (χ2v) is 7.60. The summed E-state index contributed by atoms with van der Waals surface area (Å²) >= 11 is 2.19. The zero-order valence-corrected chi connectivity index (χ0v) is 17.6. The van der Waals surface area contributed by atoms with E-state index < -0.39 is 27.0 Å². The summed E-state index contributed by atoms with van der Waals surface area (Å²) in [7, 11) is 0. The molecule has 3 aromatic carbocycles. The van der Waals surface area contributed by atoms with Crippen molar-refractivity contribution in [3.8, 4) is 17.2 Å². The SMILES string of the molecule is O=[N+]([O-])c1cc(C=Nc2ccc3oc(-c4cccc(I)c4)nc3c2)c(O)c([N+](=O)[O-])c1. The third kappa shape index (κ3) is 4.21. The van der Waals surface area contributed by atoms with E-state index in [1.807, 2.05) is 24.3 Å². The highest BCUT2D eigenvalue weighted by Gasteiger charge is 2.23. The van der Waals surface area contributed by atoms with Gasteiger partial charge >= 0.3 is 5.69 Å². The molecule has 0 unspecified atom stereocenters. The summed E-state index contributed by atoms with van der Waals surface area (Å²) in [5, 5.41) is 32.2. The van der Waals surface area contributed by atoms with E-state index in [2.05, 4.69) is 32.6 Å². The van der Waals surface area contributed by atoms with Crippen LogP contribution >= 0.6 is 22.6 Å². The number of aromatic hydroxyl groups is 1. The maximum atomic E-state index is 11.1. The minimum absolute atomic E-state index is 0.152. The molecule has 0 saturated heterocycles. The predicted molar refractivity (Wildman–Crippen MR) is 121 cm³/mol. The van der Waals surface area contributed by atoms with Crippen LogP contribution in [0.15, 0.2) is 64.0 Å². The van der Waals surface area contributed by atoms with Gasteiger partial charge in [0.2, 0.25) is 11.6 Å². The molecule has 31 heavy (non-hydrogen) atoms. The third-order valence-electron chi connectivity index (χ3n) is 4.31. The number of aliphatic imine (C=N–C) groups is 1. The Balaban J connectivity index is 1.70. The van der Waals surface area contributed by atoms with Crippen LogP contribution in [0.25, 0.3) is 22.6 Å². The number of nitro groups is 2. The van der Waals surface area contributed by atoms with E-state index in [1.54, 1.807) is 18.2 Å². The number of aromatic nitrogens is 1. The Morgan fingerprint density at radius 1 is 1.06 bits per heavy atom. The number of halogens is 1. The number of phenols is 1. The molecule has 0 spiro atoms. The van der Waals surface area contributed by atoms with Gasteiger partial charge in [-0.25, -0.2) is 4.98 Å². The van der Waals surface area contributed by atoms with Crippen molar-refractivity contribution in [2.24, 2.45) is 4.99 Å². The Kier molecular flexibility index (Phi) is 5.33. The molecule has 0 amide bonds. The molecule has 0 aliphatic rings. The zero-order chi connectivity index (χ0) is 22.1. The summed E-state index contributed by atoms with van der Waals surface area (Å²) in [4.78, 5) is 29.1. The molecule has 0 saturated carbocycles. The zero-order valence-electron chi connectivity index (χ0n) is 15.4. The fourth-order valence-corrected chi connectivity index (χ4v) is 3.40. The normalized spacial score (nSPS) is 11.3. The lowest BCUT2D eigenvalue weighted by Crippen LogP contribution is -1.96. The van der Waals surface area contributed by atoms with Crippen molar-refractivity contribution >= 4 is 57.0 Å². The predicted octanol–water partition coefficient (Wildman–Crippen LogP) is 5.37. The van der Waals surface area contributed by atoms with E-state index in [-0.39, 0.29) is 5.56 Å². The molecular weight excluding hydrogens is 519 g/mol. The average Bonchev–Trinajstić information content (AvgIpc) is 3.16. The second kappa shape index (κ2) is 8.10. The topological polar surface area (TPSA) is 145 Å². The number of nitro benzene ring substituents is 2. The molecular formula is C20H11IN4O6. The van der Waals surface area contributed by atoms with Crippen molar-refractivity contribution < 1.29 is 19.4 Å². The minimum Gasteiger partial charge on any atom is -0.502 e. The Bertz CT molecular complexity index is 1380. The lowest BCUT2D eigenvalue weighted by molar-refractivity contribution is -0.394. The van der Waals surface area contributed by atoms with Gasteiger partial charge in [-0.1, -0.05) is 6.07 Å². The number of non-ortho nitro benzene ring substituents is 1. The maximum Gasteiger partial charge on any atom is 0.318 e. The van der Waals surface area contributed by atoms with Crippen LogP contribution in [0.5, 0.6) is 5.75 Å². The molecule has 10 nitrogen and oxygen atoms in total. The van der Waals surface area contributed by atoms with Crippen molar-refractivity contribution in [1.29, 1.82) is 0 Å². The highest BCUT2D eigenvalue weighted by atomic mass is 127. The van der Waals surface area contributed by atoms with Crippen molar-refractivity contribution in [3.05, 3.63) is 84.0 Å². The number of hydrogen-bond donors (Lipinski definition) is 1. The van der Waals surface area contributed by atoms with Gasteiger partial charge in [0, 0.05) is 27.0 Å². The van der Waals surface area contributed by atoms with Crippen molar-refractivity contribution in [3.63, 3.8) is 0 Å². The number of benzene rings is 3. The van der Waals surface area contributed by atoms with E-state index in [0.29, 0.717) is 28.7 Å². The van der Waals surface area contributed by atoms with Crippen molar-refractivity contribution in [2.45, 2.75) is 0 Å². The van der Waals surface area contributed by atoms with Gasteiger partial charge in [0.05, 0.1) is 21.6 Å². The average molecular weight is 530 g/mol. The van der Waals surface area contributed by atoms with Crippen LogP contribution in [0.3, 0.4) is 0 Å². The molecule has 0 radical (unpaired) electrons. The van der Waals surface area contributed by atoms with Gasteiger partial charge in [-0.05, 0) is 59.0 Å². The standard InChI is InChI=1S/C20H11IN4O6/c21-13-3-1-2-11(6-13)20-23-16-8-14(4-5-18(16)31-20)22-10-12-7-15(24(27)28)9-17(19(12)26)25(29)30/h1-10,26H. The first-order valence-corrected chi connectivity index (χ1v) is 9.76. The molecule has 1 heterocycles. The van der Waals surface area contributed by atoms with Crippen LogP contribution in [-0.4, -0.2) is 26.2 Å². The van der Waals surface area contributed by atoms with Crippen LogP contribution in [0, 0.1) is 23.8 Å². The van der Waals surface area contributed by atoms with E-state index in [1.165, 1.54) is 0 Å². The lowest BCUT2D eigenvalue weighted by Gasteiger charge is -2.01. The summed E-state index contributed by atoms with van der Waals surface area (Å²) < 4.78 is 6.81. The number of fused-ring (bicyclic) bond motifs is 1. The molecule has 0 fully saturated rings. The van der Waals surface area contributed by atoms with Gasteiger partial charge in [0.1, 0.15) is 5.52 Å². The molecule has 0 atom stereocenters. The summed E-state index contributed by atoms with van der Waals surface area (Å²) in [6.07, 6.45) is 1.12. The first-order chi connectivity index (χ1) is 14.8. The molecule has 0 aliphatic heterocycles. The van der Waals surface area contributed by atoms with Gasteiger partial charge in [-0.2, -0.15) is 0 Å². The number of oxazole rings is 1. The van der Waals surface area contributed by atoms with E-state index in [9.17, 15) is 25.3 Å². The molecule has 0 aliphatic carbocycles. The highest BCUT2D eigenvalue weighted by Crippen LogP contribution is 2.34. The van der Waals surface area contributed by atoms with Gasteiger partial charge in [-0.3, -0.25) is 25.2 Å². The summed E-state index contributed by atoms with van der Waals surface area (Å²) in [5.74, 6) is -0.260. The largest absolute Gasteiger partial charge is 0.502 e. The number of rotatable bonds is 5. The van der Waals surface area contributed by atoms with Crippen LogP contribution in [-0.2, 0) is 0 Å². The number of nitrogens with zero attached hydrogens (tertiary/aromatic N) is 4. The Morgan fingerprint density at radius 2 is 1.87 bits per heavy atom. The first-order valence-electron chi connectivity index (χ1n) is 8.68. The lowest BCUT2D eigenvalue weighted by atomic mass is 10.1. The molecule has 4 aromatic rings. The van der Waals surface area contributed by atoms with Crippen molar-refractivity contribution in [1.82, 2.24) is 4.98 Å². The molecule has 11 heteroatoms. The second-order valence-electron chi connectivity index (χ2n) is 6.36. The van der Waals surface area contributed by atoms with Crippen LogP contribution in [0.4, 0.5) is 17.1 Å². The van der Waals surface area contributed by atoms with E-state index >= 15 is 0 Å². The van der Waals surface area contributed by atoms with E-state index in [4.69, 9.17) is 4.42 Å². The molecule has 1 N–H and O–H groups in total. The Hall–Kier alpha value is -3.87. The molecule has 0 bridgehead atoms. The summed E-state index contributed by atoms with van der Waals surface area (Å²) in [6, 6.07) is 14.3. The fraction of sp³-hybridized carbons (Fsp3) is 0. The van der Waals surface area contributed by atoms with E-state index in [0.717, 1.165) is 21.4 Å². The Labute approximate surface area is 187 Å². The van der Waals surface area contributed by atoms with Gasteiger partial charge < -0.3 is 9.52 Å². The fourth-order valence-electron chi connectivity index (χ4n) is 2.85. The molecule has 4 rings (SSSR count). The van der Waals surface area contributed by atoms with Crippen LogP contribution in [0.1, 0.15) is 5.56 Å². The van der Waals surface area contributed by atoms with Gasteiger partial charge in [0.15, 0.2) is 5.58 Å². The van der Waals surface area contributed by atoms with Crippen LogP contribution in [0.2, 0.25) is 0 Å². The molecule has 154 valence electrons. The number of phenolic OH excluding ortho intramolecular Hbond substituents is 1. The minimum atomic E-state index is -0.895. The Morgan fingerprint density at radius 3 is 2.58 bits per heavy atom. The first kappa shape index (κ1) is 20.4. The summed E-state index contributed by atoms with van der Waals surface area (Å²) in [5.41, 5.74) is 0.871. The van der Waals surface area contributed by atoms with Gasteiger partial charge in [-0.15, -0.1) is 0 Å². The quantitative estimate of drug-likeness (QED) is 0.158. The smallest absolute Gasteiger partial charge is 0.318 e. The third-order valence-corrected chi connectivity index (χ3v) is 4.98. The van der Waals surface area contributed by atoms with Crippen molar-refractivity contribution in [2.75, 3.05) is 0 Å². The monoisotopic (exact) mass is 530 g/mol. The van der Waals surface area contributed by atoms with Crippen LogP contribution < -0.4 is 0 Å². The summed E-state index contributed by atoms with van der Waals surface area (Å²) in [6.45, 7) is 0.